The van der Waals surface area contributed by atoms with Crippen LogP contribution in [0.2, 0.25) is 0 Å². The summed E-state index contributed by atoms with van der Waals surface area (Å²) in [5.74, 6) is -0.642. The average molecular weight is 389 g/mol. The summed E-state index contributed by atoms with van der Waals surface area (Å²) in [4.78, 5) is 27.3. The summed E-state index contributed by atoms with van der Waals surface area (Å²) in [7, 11) is 1.33. The fourth-order valence-electron chi connectivity index (χ4n) is 3.64. The topological polar surface area (TPSA) is 65.1 Å². The number of allylic oxidation sites excluding steroid dienone is 1. The SMILES string of the molecule is C=CC[C@@H]1CCN(C(=O)OC(C)(C)C)[C@]1(COCc1ccccc1)C(=O)OC. The van der Waals surface area contributed by atoms with Gasteiger partial charge in [0.2, 0.25) is 0 Å². The highest BCUT2D eigenvalue weighted by molar-refractivity contribution is 5.87. The van der Waals surface area contributed by atoms with Gasteiger partial charge in [-0.25, -0.2) is 9.59 Å². The monoisotopic (exact) mass is 389 g/mol. The molecule has 1 saturated heterocycles. The third-order valence-electron chi connectivity index (χ3n) is 4.90. The van der Waals surface area contributed by atoms with Crippen molar-refractivity contribution >= 4 is 12.1 Å². The van der Waals surface area contributed by atoms with E-state index in [2.05, 4.69) is 6.58 Å². The van der Waals surface area contributed by atoms with E-state index in [0.717, 1.165) is 5.56 Å². The van der Waals surface area contributed by atoms with Gasteiger partial charge < -0.3 is 14.2 Å². The molecule has 6 nitrogen and oxygen atoms in total. The Hall–Kier alpha value is -2.34. The number of carbonyl (C=O) groups is 2. The lowest BCUT2D eigenvalue weighted by Crippen LogP contribution is -2.60. The van der Waals surface area contributed by atoms with Crippen LogP contribution in [0.25, 0.3) is 0 Å². The number of benzene rings is 1. The molecule has 154 valence electrons. The molecule has 1 amide bonds. The fourth-order valence-corrected chi connectivity index (χ4v) is 3.64. The molecule has 1 aromatic rings. The lowest BCUT2D eigenvalue weighted by Gasteiger charge is -2.39. The van der Waals surface area contributed by atoms with Crippen LogP contribution in [-0.2, 0) is 25.6 Å². The largest absolute Gasteiger partial charge is 0.467 e. The van der Waals surface area contributed by atoms with Crippen molar-refractivity contribution in [2.75, 3.05) is 20.3 Å². The van der Waals surface area contributed by atoms with Crippen molar-refractivity contribution in [1.82, 2.24) is 4.90 Å². The number of nitrogens with zero attached hydrogens (tertiary/aromatic N) is 1. The second-order valence-electron chi connectivity index (χ2n) is 8.04. The van der Waals surface area contributed by atoms with Crippen molar-refractivity contribution in [3.05, 3.63) is 48.6 Å². The Morgan fingerprint density at radius 1 is 1.29 bits per heavy atom. The van der Waals surface area contributed by atoms with Crippen LogP contribution in [0.15, 0.2) is 43.0 Å². The van der Waals surface area contributed by atoms with E-state index in [1.165, 1.54) is 12.0 Å². The molecule has 2 rings (SSSR count). The predicted molar refractivity (Wildman–Crippen MR) is 107 cm³/mol. The van der Waals surface area contributed by atoms with Crippen LogP contribution in [0.1, 0.15) is 39.2 Å². The van der Waals surface area contributed by atoms with Gasteiger partial charge in [0.1, 0.15) is 5.60 Å². The normalized spacial score (nSPS) is 22.0. The molecule has 0 N–H and O–H groups in total. The van der Waals surface area contributed by atoms with Crippen molar-refractivity contribution in [2.45, 2.75) is 51.4 Å². The standard InChI is InChI=1S/C22H31NO5/c1-6-10-18-13-14-23(20(25)28-21(2,3)4)22(18,19(24)26-5)16-27-15-17-11-8-7-9-12-17/h6-9,11-12,18H,1,10,13-16H2,2-5H3/t18-,22+/m1/s1. The van der Waals surface area contributed by atoms with Gasteiger partial charge in [0.15, 0.2) is 5.54 Å². The lowest BCUT2D eigenvalue weighted by atomic mass is 9.83. The molecule has 0 aliphatic carbocycles. The van der Waals surface area contributed by atoms with Gasteiger partial charge in [-0.15, -0.1) is 6.58 Å². The summed E-state index contributed by atoms with van der Waals surface area (Å²) in [6, 6.07) is 9.69. The molecule has 0 unspecified atom stereocenters. The molecule has 0 spiro atoms. The molecule has 1 aliphatic heterocycles. The lowest BCUT2D eigenvalue weighted by molar-refractivity contribution is -0.161. The predicted octanol–water partition coefficient (Wildman–Crippen LogP) is 3.95. The van der Waals surface area contributed by atoms with Gasteiger partial charge in [0.25, 0.3) is 0 Å². The molecule has 1 fully saturated rings. The van der Waals surface area contributed by atoms with Gasteiger partial charge in [-0.05, 0) is 39.2 Å². The number of ether oxygens (including phenoxy) is 3. The number of amides is 1. The number of likely N-dealkylation sites (tertiary alicyclic amines) is 1. The number of rotatable bonds is 7. The number of carbonyl (C=O) groups excluding carboxylic acids is 2. The zero-order valence-corrected chi connectivity index (χ0v) is 17.3. The Bertz CT molecular complexity index is 682. The molecule has 0 bridgehead atoms. The van der Waals surface area contributed by atoms with E-state index in [0.29, 0.717) is 26.0 Å². The van der Waals surface area contributed by atoms with Crippen molar-refractivity contribution in [3.63, 3.8) is 0 Å². The maximum Gasteiger partial charge on any atom is 0.411 e. The van der Waals surface area contributed by atoms with Crippen LogP contribution in [0, 0.1) is 5.92 Å². The summed E-state index contributed by atoms with van der Waals surface area (Å²) < 4.78 is 16.6. The average Bonchev–Trinajstić information content (AvgIpc) is 3.00. The first kappa shape index (κ1) is 22.0. The molecule has 1 aliphatic rings. The van der Waals surface area contributed by atoms with Crippen molar-refractivity contribution < 1.29 is 23.8 Å². The fraction of sp³-hybridized carbons (Fsp3) is 0.545. The second-order valence-corrected chi connectivity index (χ2v) is 8.04. The van der Waals surface area contributed by atoms with Gasteiger partial charge >= 0.3 is 12.1 Å². The van der Waals surface area contributed by atoms with E-state index in [1.807, 2.05) is 30.3 Å². The number of methoxy groups -OCH3 is 1. The number of esters is 1. The number of hydrogen-bond donors (Lipinski definition) is 0. The smallest absolute Gasteiger partial charge is 0.411 e. The maximum atomic E-state index is 13.0. The molecule has 0 aromatic heterocycles. The van der Waals surface area contributed by atoms with E-state index in [-0.39, 0.29) is 12.5 Å². The summed E-state index contributed by atoms with van der Waals surface area (Å²) in [6.07, 6.45) is 2.45. The van der Waals surface area contributed by atoms with E-state index < -0.39 is 23.2 Å². The van der Waals surface area contributed by atoms with E-state index in [4.69, 9.17) is 14.2 Å². The highest BCUT2D eigenvalue weighted by Gasteiger charge is 2.58. The van der Waals surface area contributed by atoms with Gasteiger partial charge in [0.05, 0.1) is 20.3 Å². The summed E-state index contributed by atoms with van der Waals surface area (Å²) in [5, 5.41) is 0. The Kier molecular flexibility index (Phi) is 7.24. The second kappa shape index (κ2) is 9.24. The highest BCUT2D eigenvalue weighted by Crippen LogP contribution is 2.40. The molecule has 1 aromatic carbocycles. The molecule has 0 saturated carbocycles. The van der Waals surface area contributed by atoms with Gasteiger partial charge in [-0.1, -0.05) is 36.4 Å². The quantitative estimate of drug-likeness (QED) is 0.522. The van der Waals surface area contributed by atoms with E-state index in [1.54, 1.807) is 26.8 Å². The Balaban J connectivity index is 2.30. The zero-order valence-electron chi connectivity index (χ0n) is 17.3. The minimum Gasteiger partial charge on any atom is -0.467 e. The highest BCUT2D eigenvalue weighted by atomic mass is 16.6. The van der Waals surface area contributed by atoms with E-state index >= 15 is 0 Å². The first-order chi connectivity index (χ1) is 13.2. The van der Waals surface area contributed by atoms with Crippen molar-refractivity contribution in [2.24, 2.45) is 5.92 Å². The van der Waals surface area contributed by atoms with Crippen LogP contribution >= 0.6 is 0 Å². The van der Waals surface area contributed by atoms with Gasteiger partial charge in [0, 0.05) is 12.5 Å². The maximum absolute atomic E-state index is 13.0. The molecule has 28 heavy (non-hydrogen) atoms. The van der Waals surface area contributed by atoms with E-state index in [9.17, 15) is 9.59 Å². The molecular formula is C22H31NO5. The molecule has 0 radical (unpaired) electrons. The minimum atomic E-state index is -1.24. The van der Waals surface area contributed by atoms with Crippen LogP contribution in [-0.4, -0.2) is 48.4 Å². The first-order valence-corrected chi connectivity index (χ1v) is 9.56. The zero-order chi connectivity index (χ0) is 20.8. The van der Waals surface area contributed by atoms with Gasteiger partial charge in [-0.2, -0.15) is 0 Å². The molecular weight excluding hydrogens is 358 g/mol. The summed E-state index contributed by atoms with van der Waals surface area (Å²) in [6.45, 7) is 9.97. The van der Waals surface area contributed by atoms with Crippen molar-refractivity contribution in [3.8, 4) is 0 Å². The molecule has 6 heteroatoms. The van der Waals surface area contributed by atoms with Crippen LogP contribution < -0.4 is 0 Å². The third-order valence-corrected chi connectivity index (χ3v) is 4.90. The van der Waals surface area contributed by atoms with Crippen LogP contribution in [0.3, 0.4) is 0 Å². The molecule has 2 atom stereocenters. The summed E-state index contributed by atoms with van der Waals surface area (Å²) >= 11 is 0. The third kappa shape index (κ3) is 4.93. The van der Waals surface area contributed by atoms with Gasteiger partial charge in [-0.3, -0.25) is 4.90 Å². The first-order valence-electron chi connectivity index (χ1n) is 9.56. The van der Waals surface area contributed by atoms with Crippen LogP contribution in [0.4, 0.5) is 4.79 Å². The minimum absolute atomic E-state index is 0.0340. The van der Waals surface area contributed by atoms with Crippen LogP contribution in [0.5, 0.6) is 0 Å². The Labute approximate surface area is 167 Å². The Morgan fingerprint density at radius 3 is 2.54 bits per heavy atom. The molecule has 1 heterocycles. The van der Waals surface area contributed by atoms with Crippen molar-refractivity contribution in [1.29, 1.82) is 0 Å². The summed E-state index contributed by atoms with van der Waals surface area (Å²) in [5.41, 5.74) is -0.912. The number of hydrogen-bond acceptors (Lipinski definition) is 5. The Morgan fingerprint density at radius 2 is 1.96 bits per heavy atom.